The molecule has 0 unspecified atom stereocenters. The third-order valence-corrected chi connectivity index (χ3v) is 6.00. The molecule has 0 atom stereocenters. The molecular formula is C25H24N4O4S. The number of amides is 1. The van der Waals surface area contributed by atoms with Crippen LogP contribution in [-0.4, -0.2) is 33.2 Å². The minimum Gasteiger partial charge on any atom is -0.451 e. The maximum absolute atomic E-state index is 12.7. The molecule has 2 aromatic heterocycles. The van der Waals surface area contributed by atoms with Gasteiger partial charge in [0.1, 0.15) is 0 Å². The van der Waals surface area contributed by atoms with Crippen molar-refractivity contribution >= 4 is 39.1 Å². The van der Waals surface area contributed by atoms with Crippen molar-refractivity contribution in [2.24, 2.45) is 0 Å². The SMILES string of the molecule is CCCn1nc(C(=O)OCC(=O)Nc2nc(-c3ccc(CC)cc3)cs2)c2ccccc2c1=O. The fourth-order valence-corrected chi connectivity index (χ4v) is 4.21. The normalized spacial score (nSPS) is 10.9. The van der Waals surface area contributed by atoms with Crippen LogP contribution in [0.4, 0.5) is 5.13 Å². The fraction of sp³-hybridized carbons (Fsp3) is 0.240. The van der Waals surface area contributed by atoms with Crippen LogP contribution in [0.3, 0.4) is 0 Å². The fourth-order valence-electron chi connectivity index (χ4n) is 3.48. The molecule has 8 nitrogen and oxygen atoms in total. The Bertz CT molecular complexity index is 1390. The molecule has 2 aromatic carbocycles. The van der Waals surface area contributed by atoms with Crippen LogP contribution in [-0.2, 0) is 22.5 Å². The van der Waals surface area contributed by atoms with E-state index in [2.05, 4.69) is 22.3 Å². The van der Waals surface area contributed by atoms with E-state index in [1.165, 1.54) is 21.6 Å². The van der Waals surface area contributed by atoms with E-state index in [4.69, 9.17) is 4.74 Å². The number of carbonyl (C=O) groups is 2. The molecule has 0 radical (unpaired) electrons. The van der Waals surface area contributed by atoms with Crippen molar-refractivity contribution in [1.29, 1.82) is 0 Å². The molecule has 0 aliphatic carbocycles. The lowest BCUT2D eigenvalue weighted by molar-refractivity contribution is -0.119. The van der Waals surface area contributed by atoms with Gasteiger partial charge in [0.05, 0.1) is 11.1 Å². The molecule has 174 valence electrons. The van der Waals surface area contributed by atoms with Crippen molar-refractivity contribution < 1.29 is 14.3 Å². The number of aryl methyl sites for hydroxylation is 2. The molecule has 4 rings (SSSR count). The van der Waals surface area contributed by atoms with Crippen molar-refractivity contribution in [2.45, 2.75) is 33.2 Å². The van der Waals surface area contributed by atoms with Crippen LogP contribution in [0.2, 0.25) is 0 Å². The quantitative estimate of drug-likeness (QED) is 0.381. The van der Waals surface area contributed by atoms with Crippen molar-refractivity contribution in [3.8, 4) is 11.3 Å². The number of anilines is 1. The number of nitrogens with zero attached hydrogens (tertiary/aromatic N) is 3. The van der Waals surface area contributed by atoms with Crippen LogP contribution in [0, 0.1) is 0 Å². The van der Waals surface area contributed by atoms with E-state index in [0.29, 0.717) is 28.9 Å². The molecule has 9 heteroatoms. The standard InChI is InChI=1S/C25H24N4O4S/c1-3-13-29-23(31)19-8-6-5-7-18(19)22(28-29)24(32)33-14-21(30)27-25-26-20(15-34-25)17-11-9-16(4-2)10-12-17/h5-12,15H,3-4,13-14H2,1-2H3,(H,26,27,30). The molecule has 0 saturated carbocycles. The molecule has 0 spiro atoms. The zero-order valence-corrected chi connectivity index (χ0v) is 19.7. The molecule has 2 heterocycles. The Kier molecular flexibility index (Phi) is 7.12. The lowest BCUT2D eigenvalue weighted by Gasteiger charge is -2.10. The van der Waals surface area contributed by atoms with Crippen LogP contribution in [0.25, 0.3) is 22.0 Å². The summed E-state index contributed by atoms with van der Waals surface area (Å²) in [6, 6.07) is 14.8. The number of hydrogen-bond donors (Lipinski definition) is 1. The number of hydrogen-bond acceptors (Lipinski definition) is 7. The van der Waals surface area contributed by atoms with E-state index in [-0.39, 0.29) is 11.3 Å². The van der Waals surface area contributed by atoms with Crippen molar-refractivity contribution in [3.05, 3.63) is 75.5 Å². The summed E-state index contributed by atoms with van der Waals surface area (Å²) in [5.74, 6) is -1.28. The highest BCUT2D eigenvalue weighted by atomic mass is 32.1. The maximum Gasteiger partial charge on any atom is 0.359 e. The van der Waals surface area contributed by atoms with Crippen LogP contribution < -0.4 is 10.9 Å². The van der Waals surface area contributed by atoms with Gasteiger partial charge in [-0.2, -0.15) is 5.10 Å². The van der Waals surface area contributed by atoms with Gasteiger partial charge >= 0.3 is 5.97 Å². The zero-order chi connectivity index (χ0) is 24.1. The van der Waals surface area contributed by atoms with Crippen molar-refractivity contribution in [1.82, 2.24) is 14.8 Å². The van der Waals surface area contributed by atoms with Gasteiger partial charge in [-0.3, -0.25) is 14.9 Å². The summed E-state index contributed by atoms with van der Waals surface area (Å²) in [5, 5.41) is 9.89. The second-order valence-electron chi connectivity index (χ2n) is 7.64. The highest BCUT2D eigenvalue weighted by molar-refractivity contribution is 7.14. The summed E-state index contributed by atoms with van der Waals surface area (Å²) in [7, 11) is 0. The highest BCUT2D eigenvalue weighted by Gasteiger charge is 2.19. The van der Waals surface area contributed by atoms with Gasteiger partial charge in [-0.1, -0.05) is 56.3 Å². The number of fused-ring (bicyclic) bond motifs is 1. The molecule has 0 saturated heterocycles. The summed E-state index contributed by atoms with van der Waals surface area (Å²) < 4.78 is 6.46. The number of thiazole rings is 1. The third-order valence-electron chi connectivity index (χ3n) is 5.24. The largest absolute Gasteiger partial charge is 0.451 e. The Morgan fingerprint density at radius 2 is 1.79 bits per heavy atom. The van der Waals surface area contributed by atoms with E-state index >= 15 is 0 Å². The Morgan fingerprint density at radius 1 is 1.06 bits per heavy atom. The number of ether oxygens (including phenoxy) is 1. The average molecular weight is 477 g/mol. The lowest BCUT2D eigenvalue weighted by Crippen LogP contribution is -2.27. The number of carbonyl (C=O) groups excluding carboxylic acids is 2. The van der Waals surface area contributed by atoms with Crippen LogP contribution in [0.1, 0.15) is 36.3 Å². The minimum absolute atomic E-state index is 0.00325. The Morgan fingerprint density at radius 3 is 2.50 bits per heavy atom. The number of benzene rings is 2. The second kappa shape index (κ2) is 10.4. The second-order valence-corrected chi connectivity index (χ2v) is 8.49. The van der Waals surface area contributed by atoms with Gasteiger partial charge in [0.15, 0.2) is 17.4 Å². The number of nitrogens with one attached hydrogen (secondary N) is 1. The Hall–Kier alpha value is -3.85. The first-order valence-corrected chi connectivity index (χ1v) is 11.9. The molecule has 34 heavy (non-hydrogen) atoms. The summed E-state index contributed by atoms with van der Waals surface area (Å²) in [6.45, 7) is 3.88. The van der Waals surface area contributed by atoms with E-state index in [0.717, 1.165) is 17.7 Å². The number of esters is 1. The number of rotatable bonds is 8. The van der Waals surface area contributed by atoms with E-state index in [1.54, 1.807) is 24.3 Å². The van der Waals surface area contributed by atoms with Gasteiger partial charge in [-0.05, 0) is 24.5 Å². The van der Waals surface area contributed by atoms with Gasteiger partial charge in [-0.25, -0.2) is 14.5 Å². The lowest BCUT2D eigenvalue weighted by atomic mass is 10.1. The van der Waals surface area contributed by atoms with Crippen LogP contribution >= 0.6 is 11.3 Å². The predicted molar refractivity (Wildman–Crippen MR) is 132 cm³/mol. The third kappa shape index (κ3) is 5.04. The molecule has 0 aliphatic rings. The van der Waals surface area contributed by atoms with Gasteiger partial charge in [0.2, 0.25) is 0 Å². The van der Waals surface area contributed by atoms with Gasteiger partial charge in [-0.15, -0.1) is 11.3 Å². The zero-order valence-electron chi connectivity index (χ0n) is 18.9. The van der Waals surface area contributed by atoms with E-state index < -0.39 is 18.5 Å². The topological polar surface area (TPSA) is 103 Å². The molecule has 1 N–H and O–H groups in total. The van der Waals surface area contributed by atoms with Crippen LogP contribution in [0.15, 0.2) is 58.7 Å². The smallest absolute Gasteiger partial charge is 0.359 e. The molecule has 0 aliphatic heterocycles. The first kappa shape index (κ1) is 23.3. The molecular weight excluding hydrogens is 452 g/mol. The summed E-state index contributed by atoms with van der Waals surface area (Å²) in [5.41, 5.74) is 2.69. The van der Waals surface area contributed by atoms with Gasteiger partial charge in [0.25, 0.3) is 11.5 Å². The van der Waals surface area contributed by atoms with E-state index in [9.17, 15) is 14.4 Å². The summed E-state index contributed by atoms with van der Waals surface area (Å²) >= 11 is 1.29. The molecule has 1 amide bonds. The van der Waals surface area contributed by atoms with Gasteiger partial charge in [0, 0.05) is 22.9 Å². The number of aromatic nitrogens is 3. The maximum atomic E-state index is 12.7. The van der Waals surface area contributed by atoms with Crippen LogP contribution in [0.5, 0.6) is 0 Å². The average Bonchev–Trinajstić information content (AvgIpc) is 3.33. The first-order chi connectivity index (χ1) is 16.5. The molecule has 0 fully saturated rings. The van der Waals surface area contributed by atoms with Gasteiger partial charge < -0.3 is 4.74 Å². The first-order valence-electron chi connectivity index (χ1n) is 11.0. The summed E-state index contributed by atoms with van der Waals surface area (Å²) in [4.78, 5) is 42.1. The van der Waals surface area contributed by atoms with Crippen molar-refractivity contribution in [2.75, 3.05) is 11.9 Å². The Labute approximate surface area is 200 Å². The Balaban J connectivity index is 1.43. The summed E-state index contributed by atoms with van der Waals surface area (Å²) in [6.07, 6.45) is 1.64. The predicted octanol–water partition coefficient (Wildman–Crippen LogP) is 4.29. The molecule has 0 bridgehead atoms. The monoisotopic (exact) mass is 476 g/mol. The molecule has 4 aromatic rings. The minimum atomic E-state index is -0.771. The van der Waals surface area contributed by atoms with E-state index in [1.807, 2.05) is 36.6 Å². The highest BCUT2D eigenvalue weighted by Crippen LogP contribution is 2.25. The van der Waals surface area contributed by atoms with Crippen molar-refractivity contribution in [3.63, 3.8) is 0 Å².